The summed E-state index contributed by atoms with van der Waals surface area (Å²) in [5.74, 6) is -0.585. The number of amides is 2. The Kier molecular flexibility index (Phi) is 7.17. The molecule has 2 aromatic rings. The third-order valence-corrected chi connectivity index (χ3v) is 6.73. The van der Waals surface area contributed by atoms with Crippen LogP contribution in [0, 0.1) is 0 Å². The minimum atomic E-state index is -0.661. The van der Waals surface area contributed by atoms with E-state index in [1.807, 2.05) is 18.2 Å². The number of likely N-dealkylation sites (tertiary alicyclic amines) is 1. The minimum Gasteiger partial charge on any atom is -0.508 e. The molecular weight excluding hydrogens is 434 g/mol. The van der Waals surface area contributed by atoms with Gasteiger partial charge >= 0.3 is 5.97 Å². The van der Waals surface area contributed by atoms with Gasteiger partial charge in [0.05, 0.1) is 12.6 Å². The first-order valence-electron chi connectivity index (χ1n) is 11.7. The number of phenolic OH excluding ortho intramolecular Hbond substituents is 1. The van der Waals surface area contributed by atoms with Crippen molar-refractivity contribution in [3.8, 4) is 5.75 Å². The lowest BCUT2D eigenvalue weighted by atomic mass is 9.76. The van der Waals surface area contributed by atoms with Crippen LogP contribution in [0.25, 0.3) is 0 Å². The Morgan fingerprint density at radius 2 is 1.68 bits per heavy atom. The van der Waals surface area contributed by atoms with E-state index in [2.05, 4.69) is 15.5 Å². The number of benzene rings is 2. The summed E-state index contributed by atoms with van der Waals surface area (Å²) in [7, 11) is 0. The number of phenols is 1. The van der Waals surface area contributed by atoms with Crippen molar-refractivity contribution in [1.82, 2.24) is 15.5 Å². The van der Waals surface area contributed by atoms with Crippen molar-refractivity contribution < 1.29 is 24.2 Å². The van der Waals surface area contributed by atoms with E-state index in [0.717, 1.165) is 31.5 Å². The number of ether oxygens (including phenoxy) is 1. The molecule has 0 bridgehead atoms. The van der Waals surface area contributed by atoms with E-state index in [0.29, 0.717) is 24.4 Å². The minimum absolute atomic E-state index is 0.0504. The van der Waals surface area contributed by atoms with Gasteiger partial charge in [0, 0.05) is 31.6 Å². The van der Waals surface area contributed by atoms with Gasteiger partial charge in [0.25, 0.3) is 5.91 Å². The average Bonchev–Trinajstić information content (AvgIpc) is 2.81. The van der Waals surface area contributed by atoms with Crippen molar-refractivity contribution >= 4 is 17.8 Å². The molecule has 8 heteroatoms. The van der Waals surface area contributed by atoms with Crippen LogP contribution in [-0.4, -0.2) is 59.5 Å². The molecule has 34 heavy (non-hydrogen) atoms. The number of nitrogens with one attached hydrogen (secondary N) is 2. The predicted molar refractivity (Wildman–Crippen MR) is 126 cm³/mol. The van der Waals surface area contributed by atoms with E-state index in [1.54, 1.807) is 36.4 Å². The maximum atomic E-state index is 12.2. The Hall–Kier alpha value is -3.39. The van der Waals surface area contributed by atoms with Gasteiger partial charge in [0.15, 0.2) is 0 Å². The van der Waals surface area contributed by atoms with Crippen molar-refractivity contribution in [1.29, 1.82) is 0 Å². The smallest absolute Gasteiger partial charge is 0.303 e. The van der Waals surface area contributed by atoms with Crippen molar-refractivity contribution in [2.45, 2.75) is 50.3 Å². The summed E-state index contributed by atoms with van der Waals surface area (Å²) in [6, 6.07) is 16.1. The molecule has 2 amide bonds. The number of esters is 1. The second kappa shape index (κ2) is 10.3. The molecule has 180 valence electrons. The van der Waals surface area contributed by atoms with Crippen LogP contribution in [0.3, 0.4) is 0 Å². The van der Waals surface area contributed by atoms with Crippen LogP contribution in [-0.2, 0) is 19.9 Å². The number of aromatic hydroxyl groups is 1. The van der Waals surface area contributed by atoms with Gasteiger partial charge in [-0.15, -0.1) is 0 Å². The molecule has 1 heterocycles. The largest absolute Gasteiger partial charge is 0.508 e. The zero-order valence-corrected chi connectivity index (χ0v) is 19.3. The quantitative estimate of drug-likeness (QED) is 0.542. The molecule has 1 aliphatic carbocycles. The molecule has 3 N–H and O–H groups in total. The number of carbonyl (C=O) groups is 3. The van der Waals surface area contributed by atoms with E-state index in [-0.39, 0.29) is 36.1 Å². The summed E-state index contributed by atoms with van der Waals surface area (Å²) in [5.41, 5.74) is 0.774. The van der Waals surface area contributed by atoms with Crippen molar-refractivity contribution in [2.24, 2.45) is 0 Å². The first kappa shape index (κ1) is 23.8. The SMILES string of the molecule is CC(=O)OC1(c2ccc(O)cc2)CCC(N2CC(NC(=O)CNC(=O)c3ccccc3)C2)CC1. The van der Waals surface area contributed by atoms with E-state index < -0.39 is 5.60 Å². The van der Waals surface area contributed by atoms with E-state index in [4.69, 9.17) is 4.74 Å². The van der Waals surface area contributed by atoms with Crippen LogP contribution < -0.4 is 10.6 Å². The van der Waals surface area contributed by atoms with Gasteiger partial charge in [0.2, 0.25) is 5.91 Å². The summed E-state index contributed by atoms with van der Waals surface area (Å²) in [6.45, 7) is 2.91. The monoisotopic (exact) mass is 465 g/mol. The van der Waals surface area contributed by atoms with Crippen LogP contribution in [0.5, 0.6) is 5.75 Å². The van der Waals surface area contributed by atoms with Gasteiger partial charge in [0.1, 0.15) is 11.4 Å². The molecule has 0 radical (unpaired) electrons. The van der Waals surface area contributed by atoms with E-state index in [9.17, 15) is 19.5 Å². The summed E-state index contributed by atoms with van der Waals surface area (Å²) in [6.07, 6.45) is 3.17. The van der Waals surface area contributed by atoms with Gasteiger partial charge < -0.3 is 20.5 Å². The highest BCUT2D eigenvalue weighted by Crippen LogP contribution is 2.43. The summed E-state index contributed by atoms with van der Waals surface area (Å²) >= 11 is 0. The van der Waals surface area contributed by atoms with Gasteiger partial charge in [-0.3, -0.25) is 19.3 Å². The second-order valence-electron chi connectivity index (χ2n) is 9.13. The lowest BCUT2D eigenvalue weighted by Crippen LogP contribution is -2.63. The normalized spacial score (nSPS) is 22.9. The molecule has 8 nitrogen and oxygen atoms in total. The summed E-state index contributed by atoms with van der Waals surface area (Å²) in [5, 5.41) is 15.2. The first-order chi connectivity index (χ1) is 16.3. The van der Waals surface area contributed by atoms with Crippen molar-refractivity contribution in [2.75, 3.05) is 19.6 Å². The highest BCUT2D eigenvalue weighted by molar-refractivity contribution is 5.96. The van der Waals surface area contributed by atoms with E-state index >= 15 is 0 Å². The number of nitrogens with zero attached hydrogens (tertiary/aromatic N) is 1. The van der Waals surface area contributed by atoms with Gasteiger partial charge in [-0.05, 0) is 55.5 Å². The fourth-order valence-corrected chi connectivity index (χ4v) is 4.96. The Labute approximate surface area is 199 Å². The number of hydrogen-bond donors (Lipinski definition) is 3. The Morgan fingerprint density at radius 1 is 1.03 bits per heavy atom. The van der Waals surface area contributed by atoms with Gasteiger partial charge in [-0.1, -0.05) is 30.3 Å². The lowest BCUT2D eigenvalue weighted by Gasteiger charge is -2.49. The molecule has 0 atom stereocenters. The van der Waals surface area contributed by atoms with Crippen LogP contribution in [0.15, 0.2) is 54.6 Å². The molecule has 2 aromatic carbocycles. The number of carbonyl (C=O) groups excluding carboxylic acids is 3. The van der Waals surface area contributed by atoms with Crippen LogP contribution in [0.4, 0.5) is 0 Å². The molecule has 1 aliphatic heterocycles. The predicted octanol–water partition coefficient (Wildman–Crippen LogP) is 2.32. The van der Waals surface area contributed by atoms with Gasteiger partial charge in [-0.2, -0.15) is 0 Å². The standard InChI is InChI=1S/C26H31N3O5/c1-18(30)34-26(20-7-9-23(31)10-8-20)13-11-22(12-14-26)29-16-21(17-29)28-24(32)15-27-25(33)19-5-3-2-4-6-19/h2-10,21-22,31H,11-17H2,1H3,(H,27,33)(H,28,32). The van der Waals surface area contributed by atoms with Crippen molar-refractivity contribution in [3.05, 3.63) is 65.7 Å². The summed E-state index contributed by atoms with van der Waals surface area (Å²) in [4.78, 5) is 38.5. The molecule has 0 unspecified atom stereocenters. The zero-order valence-electron chi connectivity index (χ0n) is 19.3. The Bertz CT molecular complexity index is 1010. The van der Waals surface area contributed by atoms with Gasteiger partial charge in [-0.25, -0.2) is 0 Å². The first-order valence-corrected chi connectivity index (χ1v) is 11.7. The third kappa shape index (κ3) is 5.56. The number of hydrogen-bond acceptors (Lipinski definition) is 6. The fraction of sp³-hybridized carbons (Fsp3) is 0.423. The molecule has 4 rings (SSSR count). The highest BCUT2D eigenvalue weighted by Gasteiger charge is 2.43. The summed E-state index contributed by atoms with van der Waals surface area (Å²) < 4.78 is 5.81. The molecule has 2 fully saturated rings. The molecular formula is C26H31N3O5. The number of rotatable bonds is 7. The lowest BCUT2D eigenvalue weighted by molar-refractivity contribution is -0.164. The average molecular weight is 466 g/mol. The molecule has 2 aliphatic rings. The maximum Gasteiger partial charge on any atom is 0.303 e. The molecule has 0 spiro atoms. The molecule has 0 aromatic heterocycles. The topological polar surface area (TPSA) is 108 Å². The maximum absolute atomic E-state index is 12.2. The fourth-order valence-electron chi connectivity index (χ4n) is 4.96. The second-order valence-corrected chi connectivity index (χ2v) is 9.13. The van der Waals surface area contributed by atoms with E-state index in [1.165, 1.54) is 6.92 Å². The van der Waals surface area contributed by atoms with Crippen LogP contribution in [0.2, 0.25) is 0 Å². The van der Waals surface area contributed by atoms with Crippen molar-refractivity contribution in [3.63, 3.8) is 0 Å². The highest BCUT2D eigenvalue weighted by atomic mass is 16.6. The van der Waals surface area contributed by atoms with Crippen LogP contribution >= 0.6 is 0 Å². The Morgan fingerprint density at radius 3 is 2.29 bits per heavy atom. The zero-order chi connectivity index (χ0) is 24.1. The molecule has 1 saturated heterocycles. The van der Waals surface area contributed by atoms with Crippen LogP contribution in [0.1, 0.15) is 48.5 Å². The third-order valence-electron chi connectivity index (χ3n) is 6.73. The Balaban J connectivity index is 1.22. The molecule has 1 saturated carbocycles.